The highest BCUT2D eigenvalue weighted by atomic mass is 16.3. The lowest BCUT2D eigenvalue weighted by Crippen LogP contribution is -2.63. The van der Waals surface area contributed by atoms with Crippen molar-refractivity contribution in [2.24, 2.45) is 22.7 Å². The number of carbonyl (C=O) groups is 2. The second kappa shape index (κ2) is 4.31. The van der Waals surface area contributed by atoms with E-state index in [0.29, 0.717) is 31.0 Å². The molecule has 0 bridgehead atoms. The van der Waals surface area contributed by atoms with Crippen LogP contribution < -0.4 is 0 Å². The molecule has 120 valence electrons. The number of Topliss-reactive ketones (excluding diaryl/α,β-unsaturated/α-hetero) is 1. The van der Waals surface area contributed by atoms with E-state index in [1.54, 1.807) is 0 Å². The first-order chi connectivity index (χ1) is 10.3. The molecule has 4 aliphatic carbocycles. The summed E-state index contributed by atoms with van der Waals surface area (Å²) in [5.74, 6) is 1.17. The van der Waals surface area contributed by atoms with Gasteiger partial charge in [-0.2, -0.15) is 0 Å². The highest BCUT2D eigenvalue weighted by molar-refractivity contribution is 5.92. The first-order valence-corrected chi connectivity index (χ1v) is 8.81. The Morgan fingerprint density at radius 2 is 1.73 bits per heavy atom. The van der Waals surface area contributed by atoms with Crippen molar-refractivity contribution in [3.8, 4) is 0 Å². The van der Waals surface area contributed by atoms with Gasteiger partial charge >= 0.3 is 0 Å². The number of rotatable bonds is 0. The number of hydrogen-bond donors (Lipinski definition) is 1. The minimum absolute atomic E-state index is 0.209. The molecule has 0 amide bonds. The van der Waals surface area contributed by atoms with E-state index in [4.69, 9.17) is 0 Å². The lowest BCUT2D eigenvalue weighted by atomic mass is 9.45. The molecular weight excluding hydrogens is 276 g/mol. The number of fused-ring (bicyclic) bond motifs is 5. The van der Waals surface area contributed by atoms with Crippen LogP contribution in [0.4, 0.5) is 0 Å². The van der Waals surface area contributed by atoms with Crippen molar-refractivity contribution in [2.45, 2.75) is 70.8 Å². The lowest BCUT2D eigenvalue weighted by Gasteiger charge is -2.61. The molecule has 4 rings (SSSR count). The van der Waals surface area contributed by atoms with Crippen molar-refractivity contribution >= 4 is 11.6 Å². The Kier molecular flexibility index (Phi) is 2.87. The SMILES string of the molecule is CC12CCC3(O)C(CCC4=CC(=O)CCC43C)C1CCC2=O. The summed E-state index contributed by atoms with van der Waals surface area (Å²) in [6.07, 6.45) is 8.11. The monoisotopic (exact) mass is 302 g/mol. The molecule has 1 N–H and O–H groups in total. The molecule has 0 spiro atoms. The fourth-order valence-electron chi connectivity index (χ4n) is 6.27. The van der Waals surface area contributed by atoms with Crippen molar-refractivity contribution in [3.63, 3.8) is 0 Å². The number of carbonyl (C=O) groups excluding carboxylic acids is 2. The Morgan fingerprint density at radius 1 is 1.00 bits per heavy atom. The second-order valence-electron chi connectivity index (χ2n) is 8.52. The van der Waals surface area contributed by atoms with Gasteiger partial charge in [-0.1, -0.05) is 19.4 Å². The summed E-state index contributed by atoms with van der Waals surface area (Å²) < 4.78 is 0. The van der Waals surface area contributed by atoms with E-state index in [1.807, 2.05) is 6.08 Å². The van der Waals surface area contributed by atoms with E-state index in [1.165, 1.54) is 0 Å². The van der Waals surface area contributed by atoms with Gasteiger partial charge < -0.3 is 5.11 Å². The van der Waals surface area contributed by atoms with E-state index in [2.05, 4.69) is 13.8 Å². The topological polar surface area (TPSA) is 54.4 Å². The predicted octanol–water partition coefficient (Wildman–Crippen LogP) is 3.20. The molecule has 22 heavy (non-hydrogen) atoms. The van der Waals surface area contributed by atoms with Crippen molar-refractivity contribution < 1.29 is 14.7 Å². The van der Waals surface area contributed by atoms with Crippen molar-refractivity contribution in [3.05, 3.63) is 11.6 Å². The summed E-state index contributed by atoms with van der Waals surface area (Å²) in [5.41, 5.74) is -0.0436. The van der Waals surface area contributed by atoms with Gasteiger partial charge in [0.25, 0.3) is 0 Å². The molecule has 0 aliphatic heterocycles. The van der Waals surface area contributed by atoms with Gasteiger partial charge in [-0.25, -0.2) is 0 Å². The van der Waals surface area contributed by atoms with E-state index < -0.39 is 5.60 Å². The molecule has 3 nitrogen and oxygen atoms in total. The Hall–Kier alpha value is -0.960. The Balaban J connectivity index is 1.78. The van der Waals surface area contributed by atoms with Gasteiger partial charge in [0.2, 0.25) is 0 Å². The first kappa shape index (κ1) is 14.6. The standard InChI is InChI=1S/C19H26O3/c1-17-9-10-19(22)15(14(17)5-6-16(17)21)4-3-12-11-13(20)7-8-18(12,19)2/h11,14-15,22H,3-10H2,1-2H3. The Morgan fingerprint density at radius 3 is 2.50 bits per heavy atom. The van der Waals surface area contributed by atoms with Gasteiger partial charge in [0.15, 0.2) is 5.78 Å². The van der Waals surface area contributed by atoms with Crippen LogP contribution in [-0.4, -0.2) is 22.3 Å². The Bertz CT molecular complexity index is 591. The van der Waals surface area contributed by atoms with Crippen LogP contribution in [0.15, 0.2) is 11.6 Å². The summed E-state index contributed by atoms with van der Waals surface area (Å²) in [5, 5.41) is 11.7. The van der Waals surface area contributed by atoms with Crippen LogP contribution in [0.2, 0.25) is 0 Å². The maximum absolute atomic E-state index is 12.4. The molecule has 0 saturated heterocycles. The van der Waals surface area contributed by atoms with Crippen molar-refractivity contribution in [1.29, 1.82) is 0 Å². The van der Waals surface area contributed by atoms with Crippen LogP contribution in [0.25, 0.3) is 0 Å². The van der Waals surface area contributed by atoms with Crippen LogP contribution in [0, 0.1) is 22.7 Å². The average Bonchev–Trinajstić information content (AvgIpc) is 2.77. The summed E-state index contributed by atoms with van der Waals surface area (Å²) in [7, 11) is 0. The number of ketones is 2. The average molecular weight is 302 g/mol. The quantitative estimate of drug-likeness (QED) is 0.747. The molecule has 0 aromatic rings. The van der Waals surface area contributed by atoms with Crippen LogP contribution in [-0.2, 0) is 9.59 Å². The van der Waals surface area contributed by atoms with Gasteiger partial charge in [0.05, 0.1) is 5.60 Å². The number of hydrogen-bond acceptors (Lipinski definition) is 3. The first-order valence-electron chi connectivity index (χ1n) is 8.81. The summed E-state index contributed by atoms with van der Waals surface area (Å²) in [6.45, 7) is 4.29. The van der Waals surface area contributed by atoms with E-state index in [-0.39, 0.29) is 22.5 Å². The van der Waals surface area contributed by atoms with E-state index in [0.717, 1.165) is 37.7 Å². The molecule has 3 heteroatoms. The largest absolute Gasteiger partial charge is 0.389 e. The molecular formula is C19H26O3. The zero-order chi connectivity index (χ0) is 15.8. The zero-order valence-electron chi connectivity index (χ0n) is 13.7. The normalized spacial score (nSPS) is 51.0. The molecule has 0 heterocycles. The molecule has 0 radical (unpaired) electrons. The highest BCUT2D eigenvalue weighted by Gasteiger charge is 2.65. The fraction of sp³-hybridized carbons (Fsp3) is 0.789. The molecule has 0 aromatic heterocycles. The molecule has 3 fully saturated rings. The highest BCUT2D eigenvalue weighted by Crippen LogP contribution is 2.66. The van der Waals surface area contributed by atoms with Gasteiger partial charge in [0.1, 0.15) is 5.78 Å². The molecule has 3 saturated carbocycles. The van der Waals surface area contributed by atoms with Crippen LogP contribution in [0.3, 0.4) is 0 Å². The zero-order valence-corrected chi connectivity index (χ0v) is 13.7. The number of aliphatic hydroxyl groups is 1. The van der Waals surface area contributed by atoms with Crippen LogP contribution in [0.5, 0.6) is 0 Å². The second-order valence-corrected chi connectivity index (χ2v) is 8.52. The summed E-state index contributed by atoms with van der Waals surface area (Å²) in [6, 6.07) is 0. The molecule has 4 aliphatic rings. The summed E-state index contributed by atoms with van der Waals surface area (Å²) in [4.78, 5) is 24.2. The van der Waals surface area contributed by atoms with Gasteiger partial charge in [-0.15, -0.1) is 0 Å². The third-order valence-electron chi connectivity index (χ3n) is 7.86. The van der Waals surface area contributed by atoms with Gasteiger partial charge in [-0.3, -0.25) is 9.59 Å². The van der Waals surface area contributed by atoms with Crippen LogP contribution >= 0.6 is 0 Å². The van der Waals surface area contributed by atoms with Crippen molar-refractivity contribution in [1.82, 2.24) is 0 Å². The third-order valence-corrected chi connectivity index (χ3v) is 7.86. The molecule has 5 atom stereocenters. The minimum Gasteiger partial charge on any atom is -0.389 e. The maximum atomic E-state index is 12.4. The van der Waals surface area contributed by atoms with Crippen LogP contribution in [0.1, 0.15) is 65.2 Å². The fourth-order valence-corrected chi connectivity index (χ4v) is 6.27. The maximum Gasteiger partial charge on any atom is 0.155 e. The summed E-state index contributed by atoms with van der Waals surface area (Å²) >= 11 is 0. The van der Waals surface area contributed by atoms with E-state index in [9.17, 15) is 14.7 Å². The third kappa shape index (κ3) is 1.56. The van der Waals surface area contributed by atoms with Gasteiger partial charge in [-0.05, 0) is 56.4 Å². The smallest absolute Gasteiger partial charge is 0.155 e. The Labute approximate surface area is 132 Å². The molecule has 5 unspecified atom stereocenters. The molecule has 0 aromatic carbocycles. The minimum atomic E-state index is -0.730. The lowest BCUT2D eigenvalue weighted by molar-refractivity contribution is -0.188. The van der Waals surface area contributed by atoms with Crippen molar-refractivity contribution in [2.75, 3.05) is 0 Å². The van der Waals surface area contributed by atoms with E-state index >= 15 is 0 Å². The van der Waals surface area contributed by atoms with Gasteiger partial charge in [0, 0.05) is 23.7 Å². The predicted molar refractivity (Wildman–Crippen MR) is 83.2 cm³/mol.